The molecular formula is C31H36N2O3. The summed E-state index contributed by atoms with van der Waals surface area (Å²) in [4.78, 5) is 29.9. The van der Waals surface area contributed by atoms with E-state index in [9.17, 15) is 9.59 Å². The standard InChI is InChI=1S/C31H36N2O3/c1-20(2)18-25-26(31(25,5)6)30(35)33(19-24-16-11-17-36-24)28(23-14-8-7-9-15-23)29(34)32-27-21(3)12-10-13-22(27)4/h7-18,25-26,28H,19H2,1-6H3,(H,32,34)/t25-,26+,28-/m1/s1. The van der Waals surface area contributed by atoms with Crippen LogP contribution in [0.25, 0.3) is 0 Å². The van der Waals surface area contributed by atoms with Crippen LogP contribution in [0, 0.1) is 31.1 Å². The van der Waals surface area contributed by atoms with E-state index in [0.29, 0.717) is 5.76 Å². The summed E-state index contributed by atoms with van der Waals surface area (Å²) < 4.78 is 5.64. The van der Waals surface area contributed by atoms with E-state index in [2.05, 4.69) is 39.1 Å². The number of hydrogen-bond acceptors (Lipinski definition) is 3. The van der Waals surface area contributed by atoms with Crippen molar-refractivity contribution in [2.24, 2.45) is 17.3 Å². The van der Waals surface area contributed by atoms with E-state index in [-0.39, 0.29) is 35.6 Å². The van der Waals surface area contributed by atoms with Crippen LogP contribution in [-0.2, 0) is 16.1 Å². The number of nitrogens with one attached hydrogen (secondary N) is 1. The molecule has 2 aromatic carbocycles. The molecule has 1 saturated carbocycles. The fraction of sp³-hybridized carbons (Fsp3) is 0.355. The first kappa shape index (κ1) is 25.5. The van der Waals surface area contributed by atoms with E-state index < -0.39 is 6.04 Å². The number of hydrogen-bond donors (Lipinski definition) is 1. The van der Waals surface area contributed by atoms with Gasteiger partial charge in [0.05, 0.1) is 18.7 Å². The van der Waals surface area contributed by atoms with Crippen molar-refractivity contribution in [3.05, 3.63) is 101 Å². The van der Waals surface area contributed by atoms with E-state index in [0.717, 1.165) is 22.4 Å². The number of furan rings is 1. The fourth-order valence-corrected chi connectivity index (χ4v) is 5.18. The molecular weight excluding hydrogens is 448 g/mol. The molecule has 5 heteroatoms. The number of para-hydroxylation sites is 1. The predicted molar refractivity (Wildman–Crippen MR) is 143 cm³/mol. The SMILES string of the molecule is CC(C)=C[C@@H]1[C@@H](C(=O)N(Cc2ccco2)[C@@H](C(=O)Nc2c(C)cccc2C)c2ccccc2)C1(C)C. The van der Waals surface area contributed by atoms with Crippen molar-refractivity contribution in [1.29, 1.82) is 0 Å². The second-order valence-corrected chi connectivity index (χ2v) is 10.7. The molecule has 5 nitrogen and oxygen atoms in total. The lowest BCUT2D eigenvalue weighted by molar-refractivity contribution is -0.142. The summed E-state index contributed by atoms with van der Waals surface area (Å²) in [5, 5.41) is 3.14. The minimum Gasteiger partial charge on any atom is -0.467 e. The van der Waals surface area contributed by atoms with Crippen molar-refractivity contribution < 1.29 is 14.0 Å². The molecule has 0 radical (unpaired) electrons. The zero-order chi connectivity index (χ0) is 26.0. The number of carbonyl (C=O) groups is 2. The van der Waals surface area contributed by atoms with Crippen LogP contribution in [0.3, 0.4) is 0 Å². The van der Waals surface area contributed by atoms with E-state index in [1.54, 1.807) is 17.2 Å². The molecule has 1 aromatic heterocycles. The van der Waals surface area contributed by atoms with E-state index in [1.807, 2.05) is 68.4 Å². The van der Waals surface area contributed by atoms with Crippen molar-refractivity contribution in [3.8, 4) is 0 Å². The lowest BCUT2D eigenvalue weighted by Gasteiger charge is -2.32. The quantitative estimate of drug-likeness (QED) is 0.356. The van der Waals surface area contributed by atoms with Gasteiger partial charge in [0.15, 0.2) is 0 Å². The summed E-state index contributed by atoms with van der Waals surface area (Å²) in [7, 11) is 0. The summed E-state index contributed by atoms with van der Waals surface area (Å²) in [6.07, 6.45) is 3.78. The van der Waals surface area contributed by atoms with Gasteiger partial charge in [-0.3, -0.25) is 9.59 Å². The Morgan fingerprint density at radius 1 is 1.00 bits per heavy atom. The number of aryl methyl sites for hydroxylation is 2. The molecule has 1 fully saturated rings. The molecule has 1 N–H and O–H groups in total. The van der Waals surface area contributed by atoms with Crippen LogP contribution in [0.4, 0.5) is 5.69 Å². The summed E-state index contributed by atoms with van der Waals surface area (Å²) in [5.41, 5.74) is 4.51. The second-order valence-electron chi connectivity index (χ2n) is 10.7. The van der Waals surface area contributed by atoms with Gasteiger partial charge in [-0.25, -0.2) is 0 Å². The van der Waals surface area contributed by atoms with Crippen LogP contribution in [0.1, 0.15) is 56.2 Å². The number of benzene rings is 2. The van der Waals surface area contributed by atoms with Crippen LogP contribution < -0.4 is 5.32 Å². The monoisotopic (exact) mass is 484 g/mol. The maximum Gasteiger partial charge on any atom is 0.251 e. The number of nitrogens with zero attached hydrogens (tertiary/aromatic N) is 1. The topological polar surface area (TPSA) is 62.6 Å². The Morgan fingerprint density at radius 2 is 1.67 bits per heavy atom. The Labute approximate surface area is 214 Å². The molecule has 3 aromatic rings. The van der Waals surface area contributed by atoms with Crippen molar-refractivity contribution >= 4 is 17.5 Å². The van der Waals surface area contributed by atoms with Crippen LogP contribution >= 0.6 is 0 Å². The predicted octanol–water partition coefficient (Wildman–Crippen LogP) is 6.84. The number of carbonyl (C=O) groups excluding carboxylic acids is 2. The van der Waals surface area contributed by atoms with Gasteiger partial charge in [0.2, 0.25) is 5.91 Å². The molecule has 2 amide bonds. The van der Waals surface area contributed by atoms with Crippen LogP contribution in [0.2, 0.25) is 0 Å². The second kappa shape index (κ2) is 10.2. The molecule has 4 rings (SSSR count). The molecule has 0 spiro atoms. The first-order valence-corrected chi connectivity index (χ1v) is 12.5. The molecule has 0 unspecified atom stereocenters. The lowest BCUT2D eigenvalue weighted by Crippen LogP contribution is -2.42. The molecule has 0 aliphatic heterocycles. The normalized spacial score (nSPS) is 18.7. The third kappa shape index (κ3) is 5.15. The largest absolute Gasteiger partial charge is 0.467 e. The van der Waals surface area contributed by atoms with Gasteiger partial charge in [-0.05, 0) is 67.9 Å². The van der Waals surface area contributed by atoms with Gasteiger partial charge < -0.3 is 14.6 Å². The van der Waals surface area contributed by atoms with Gasteiger partial charge in [0.1, 0.15) is 11.8 Å². The van der Waals surface area contributed by atoms with Crippen molar-refractivity contribution in [1.82, 2.24) is 4.90 Å². The first-order valence-electron chi connectivity index (χ1n) is 12.5. The number of rotatable bonds is 8. The number of allylic oxidation sites excluding steroid dienone is 2. The Kier molecular flexibility index (Phi) is 7.21. The Balaban J connectivity index is 1.76. The highest BCUT2D eigenvalue weighted by Gasteiger charge is 2.62. The highest BCUT2D eigenvalue weighted by Crippen LogP contribution is 2.60. The maximum atomic E-state index is 14.2. The Hall–Kier alpha value is -3.60. The van der Waals surface area contributed by atoms with Gasteiger partial charge in [-0.1, -0.05) is 74.0 Å². The molecule has 188 valence electrons. The zero-order valence-electron chi connectivity index (χ0n) is 22.0. The summed E-state index contributed by atoms with van der Waals surface area (Å²) in [6.45, 7) is 12.5. The van der Waals surface area contributed by atoms with Gasteiger partial charge >= 0.3 is 0 Å². The Bertz CT molecular complexity index is 1230. The minimum atomic E-state index is -0.813. The molecule has 36 heavy (non-hydrogen) atoms. The van der Waals surface area contributed by atoms with Gasteiger partial charge in [-0.2, -0.15) is 0 Å². The molecule has 1 aliphatic rings. The molecule has 1 heterocycles. The molecule has 0 bridgehead atoms. The van der Waals surface area contributed by atoms with Crippen LogP contribution in [-0.4, -0.2) is 16.7 Å². The maximum absolute atomic E-state index is 14.2. The minimum absolute atomic E-state index is 0.0376. The summed E-state index contributed by atoms with van der Waals surface area (Å²) in [5.74, 6) is 0.287. The van der Waals surface area contributed by atoms with E-state index in [1.165, 1.54) is 5.57 Å². The van der Waals surface area contributed by atoms with Crippen LogP contribution in [0.15, 0.2) is 83.0 Å². The fourth-order valence-electron chi connectivity index (χ4n) is 5.18. The average molecular weight is 485 g/mol. The van der Waals surface area contributed by atoms with Crippen molar-refractivity contribution in [2.45, 2.75) is 54.1 Å². The first-order chi connectivity index (χ1) is 17.1. The third-order valence-electron chi connectivity index (χ3n) is 7.28. The number of anilines is 1. The highest BCUT2D eigenvalue weighted by atomic mass is 16.3. The summed E-state index contributed by atoms with van der Waals surface area (Å²) >= 11 is 0. The average Bonchev–Trinajstić information content (AvgIpc) is 3.14. The summed E-state index contributed by atoms with van der Waals surface area (Å²) in [6, 6.07) is 18.3. The van der Waals surface area contributed by atoms with Gasteiger partial charge in [-0.15, -0.1) is 0 Å². The van der Waals surface area contributed by atoms with Gasteiger partial charge in [0.25, 0.3) is 5.91 Å². The van der Waals surface area contributed by atoms with Crippen LogP contribution in [0.5, 0.6) is 0 Å². The lowest BCUT2D eigenvalue weighted by atomic mass is 10.0. The Morgan fingerprint density at radius 3 is 2.25 bits per heavy atom. The third-order valence-corrected chi connectivity index (χ3v) is 7.28. The molecule has 0 saturated heterocycles. The van der Waals surface area contributed by atoms with Gasteiger partial charge in [0, 0.05) is 5.69 Å². The number of amides is 2. The molecule has 3 atom stereocenters. The zero-order valence-corrected chi connectivity index (χ0v) is 22.0. The van der Waals surface area contributed by atoms with Crippen molar-refractivity contribution in [3.63, 3.8) is 0 Å². The smallest absolute Gasteiger partial charge is 0.251 e. The highest BCUT2D eigenvalue weighted by molar-refractivity contribution is 5.99. The van der Waals surface area contributed by atoms with E-state index in [4.69, 9.17) is 4.42 Å². The van der Waals surface area contributed by atoms with Crippen molar-refractivity contribution in [2.75, 3.05) is 5.32 Å². The van der Waals surface area contributed by atoms with E-state index >= 15 is 0 Å². The molecule has 1 aliphatic carbocycles.